The molecule has 2 N–H and O–H groups in total. The molecule has 1 aliphatic heterocycles. The Balaban J connectivity index is 1.44. The summed E-state index contributed by atoms with van der Waals surface area (Å²) in [5.41, 5.74) is 0.822. The van der Waals surface area contributed by atoms with E-state index in [1.807, 2.05) is 29.8 Å². The number of hydrogen-bond acceptors (Lipinski definition) is 5. The first-order valence-electron chi connectivity index (χ1n) is 9.47. The second-order valence-corrected chi connectivity index (χ2v) is 6.83. The van der Waals surface area contributed by atoms with Crippen molar-refractivity contribution in [3.8, 4) is 5.75 Å². The number of amides is 4. The number of urea groups is 1. The molecule has 0 bridgehead atoms. The van der Waals surface area contributed by atoms with Gasteiger partial charge in [-0.15, -0.1) is 0 Å². The summed E-state index contributed by atoms with van der Waals surface area (Å²) in [7, 11) is 1.58. The van der Waals surface area contributed by atoms with Gasteiger partial charge in [-0.25, -0.2) is 9.78 Å². The van der Waals surface area contributed by atoms with Crippen LogP contribution in [0, 0.1) is 6.92 Å². The van der Waals surface area contributed by atoms with Crippen LogP contribution in [0.15, 0.2) is 36.7 Å². The summed E-state index contributed by atoms with van der Waals surface area (Å²) in [6.45, 7) is 3.19. The summed E-state index contributed by atoms with van der Waals surface area (Å²) < 4.78 is 7.05. The van der Waals surface area contributed by atoms with Gasteiger partial charge in [0.25, 0.3) is 5.91 Å². The zero-order valence-electron chi connectivity index (χ0n) is 16.6. The molecule has 9 heteroatoms. The van der Waals surface area contributed by atoms with Crippen molar-refractivity contribution in [3.63, 3.8) is 0 Å². The summed E-state index contributed by atoms with van der Waals surface area (Å²) in [5.74, 6) is 1.12. The highest BCUT2D eigenvalue weighted by Crippen LogP contribution is 2.17. The Bertz CT molecular complexity index is 877. The van der Waals surface area contributed by atoms with Crippen molar-refractivity contribution in [2.24, 2.45) is 0 Å². The molecule has 0 spiro atoms. The Hall–Kier alpha value is -3.36. The average molecular weight is 399 g/mol. The van der Waals surface area contributed by atoms with Crippen molar-refractivity contribution < 1.29 is 19.1 Å². The van der Waals surface area contributed by atoms with Crippen molar-refractivity contribution in [1.82, 2.24) is 25.1 Å². The summed E-state index contributed by atoms with van der Waals surface area (Å²) in [4.78, 5) is 42.0. The number of imide groups is 1. The van der Waals surface area contributed by atoms with Crippen molar-refractivity contribution >= 4 is 17.8 Å². The third kappa shape index (κ3) is 5.13. The van der Waals surface area contributed by atoms with Gasteiger partial charge in [-0.05, 0) is 31.0 Å². The van der Waals surface area contributed by atoms with Crippen molar-refractivity contribution in [2.45, 2.75) is 38.9 Å². The fourth-order valence-electron chi connectivity index (χ4n) is 3.16. The summed E-state index contributed by atoms with van der Waals surface area (Å²) in [6.07, 6.45) is 3.99. The average Bonchev–Trinajstić information content (AvgIpc) is 3.24. The van der Waals surface area contributed by atoms with Gasteiger partial charge in [0, 0.05) is 31.9 Å². The summed E-state index contributed by atoms with van der Waals surface area (Å²) >= 11 is 0. The molecule has 1 aromatic heterocycles. The highest BCUT2D eigenvalue weighted by atomic mass is 16.5. The molecule has 1 aliphatic rings. The van der Waals surface area contributed by atoms with Gasteiger partial charge >= 0.3 is 6.03 Å². The van der Waals surface area contributed by atoms with Gasteiger partial charge in [-0.2, -0.15) is 0 Å². The summed E-state index contributed by atoms with van der Waals surface area (Å²) in [5, 5.41) is 5.48. The quantitative estimate of drug-likeness (QED) is 0.617. The number of imidazole rings is 1. The van der Waals surface area contributed by atoms with Crippen LogP contribution < -0.4 is 15.4 Å². The number of benzene rings is 1. The van der Waals surface area contributed by atoms with Crippen molar-refractivity contribution in [2.75, 3.05) is 13.7 Å². The Morgan fingerprint density at radius 1 is 1.28 bits per heavy atom. The lowest BCUT2D eigenvalue weighted by atomic mass is 10.1. The van der Waals surface area contributed by atoms with Crippen LogP contribution in [0.2, 0.25) is 0 Å². The molecule has 2 heterocycles. The maximum atomic E-state index is 12.5. The van der Waals surface area contributed by atoms with Gasteiger partial charge in [0.2, 0.25) is 5.91 Å². The Morgan fingerprint density at radius 3 is 2.69 bits per heavy atom. The highest BCUT2D eigenvalue weighted by molar-refractivity contribution is 6.04. The van der Waals surface area contributed by atoms with Gasteiger partial charge in [0.1, 0.15) is 17.6 Å². The molecule has 0 unspecified atom stereocenters. The normalized spacial score (nSPS) is 16.1. The Kier molecular flexibility index (Phi) is 6.48. The number of nitrogens with one attached hydrogen (secondary N) is 2. The third-order valence-corrected chi connectivity index (χ3v) is 4.87. The molecule has 3 rings (SSSR count). The number of nitrogens with zero attached hydrogens (tertiary/aromatic N) is 3. The fourth-order valence-corrected chi connectivity index (χ4v) is 3.16. The van der Waals surface area contributed by atoms with Crippen LogP contribution >= 0.6 is 0 Å². The minimum atomic E-state index is -0.678. The first-order valence-corrected chi connectivity index (χ1v) is 9.47. The molecule has 29 heavy (non-hydrogen) atoms. The van der Waals surface area contributed by atoms with E-state index in [1.54, 1.807) is 25.4 Å². The van der Waals surface area contributed by atoms with E-state index >= 15 is 0 Å². The monoisotopic (exact) mass is 399 g/mol. The third-order valence-electron chi connectivity index (χ3n) is 4.87. The molecule has 1 fully saturated rings. The molecular formula is C20H25N5O4. The fraction of sp³-hybridized carbons (Fsp3) is 0.400. The second-order valence-electron chi connectivity index (χ2n) is 6.83. The molecule has 9 nitrogen and oxygen atoms in total. The number of carbonyl (C=O) groups is 3. The topological polar surface area (TPSA) is 106 Å². The predicted octanol–water partition coefficient (Wildman–Crippen LogP) is 1.22. The van der Waals surface area contributed by atoms with Crippen molar-refractivity contribution in [1.29, 1.82) is 0 Å². The second kappa shape index (κ2) is 9.22. The van der Waals surface area contributed by atoms with Gasteiger partial charge in [-0.3, -0.25) is 14.5 Å². The maximum Gasteiger partial charge on any atom is 0.325 e. The first-order chi connectivity index (χ1) is 14.0. The smallest absolute Gasteiger partial charge is 0.325 e. The number of ether oxygens (including phenoxy) is 1. The standard InChI is InChI=1S/C20H25N5O4/c1-14-21-9-11-24(14)12-10-22-18(26)8-7-17-19(27)25(20(28)23-17)13-15-3-5-16(29-2)6-4-15/h3-6,9,11,17H,7-8,10,12-13H2,1-2H3,(H,22,26)(H,23,28)/t17-/m0/s1. The lowest BCUT2D eigenvalue weighted by molar-refractivity contribution is -0.128. The van der Waals surface area contributed by atoms with E-state index in [-0.39, 0.29) is 31.2 Å². The summed E-state index contributed by atoms with van der Waals surface area (Å²) in [6, 6.07) is 6.06. The minimum Gasteiger partial charge on any atom is -0.497 e. The number of aryl methyl sites for hydroxylation is 1. The van der Waals surface area contributed by atoms with Gasteiger partial charge in [0.05, 0.1) is 13.7 Å². The molecule has 4 amide bonds. The number of hydrogen-bond donors (Lipinski definition) is 2. The molecule has 1 atom stereocenters. The van der Waals surface area contributed by atoms with Crippen LogP contribution in [0.25, 0.3) is 0 Å². The Morgan fingerprint density at radius 2 is 2.03 bits per heavy atom. The lowest BCUT2D eigenvalue weighted by Gasteiger charge is -2.13. The van der Waals surface area contributed by atoms with Crippen LogP contribution in [0.1, 0.15) is 24.2 Å². The molecule has 0 radical (unpaired) electrons. The molecule has 154 valence electrons. The number of aromatic nitrogens is 2. The largest absolute Gasteiger partial charge is 0.497 e. The molecule has 1 aromatic carbocycles. The predicted molar refractivity (Wildman–Crippen MR) is 105 cm³/mol. The van der Waals surface area contributed by atoms with Gasteiger partial charge < -0.3 is 19.9 Å². The van der Waals surface area contributed by atoms with E-state index < -0.39 is 12.1 Å². The molecule has 0 saturated carbocycles. The van der Waals surface area contributed by atoms with Gasteiger partial charge in [0.15, 0.2) is 0 Å². The number of carbonyl (C=O) groups excluding carboxylic acids is 3. The van der Waals surface area contributed by atoms with Crippen LogP contribution in [-0.4, -0.2) is 52.0 Å². The van der Waals surface area contributed by atoms with E-state index in [0.29, 0.717) is 18.8 Å². The van der Waals surface area contributed by atoms with E-state index in [2.05, 4.69) is 15.6 Å². The highest BCUT2D eigenvalue weighted by Gasteiger charge is 2.37. The van der Waals surface area contributed by atoms with Gasteiger partial charge in [-0.1, -0.05) is 12.1 Å². The zero-order valence-corrected chi connectivity index (χ0v) is 16.6. The van der Waals surface area contributed by atoms with Crippen LogP contribution in [0.5, 0.6) is 5.75 Å². The molecular weight excluding hydrogens is 374 g/mol. The maximum absolute atomic E-state index is 12.5. The molecule has 2 aromatic rings. The van der Waals surface area contributed by atoms with E-state index in [1.165, 1.54) is 4.90 Å². The zero-order chi connectivity index (χ0) is 20.8. The number of rotatable bonds is 9. The van der Waals surface area contributed by atoms with E-state index in [4.69, 9.17) is 4.74 Å². The van der Waals surface area contributed by atoms with E-state index in [0.717, 1.165) is 11.4 Å². The van der Waals surface area contributed by atoms with Crippen LogP contribution in [-0.2, 0) is 22.7 Å². The Labute approximate surface area is 169 Å². The molecule has 0 aliphatic carbocycles. The number of methoxy groups -OCH3 is 1. The first kappa shape index (κ1) is 20.4. The SMILES string of the molecule is COc1ccc(CN2C(=O)N[C@@H](CCC(=O)NCCn3ccnc3C)C2=O)cc1. The van der Waals surface area contributed by atoms with Crippen LogP contribution in [0.4, 0.5) is 4.79 Å². The van der Waals surface area contributed by atoms with E-state index in [9.17, 15) is 14.4 Å². The minimum absolute atomic E-state index is 0.154. The van der Waals surface area contributed by atoms with Crippen molar-refractivity contribution in [3.05, 3.63) is 48.0 Å². The lowest BCUT2D eigenvalue weighted by Crippen LogP contribution is -2.33. The molecule has 1 saturated heterocycles. The van der Waals surface area contributed by atoms with Crippen LogP contribution in [0.3, 0.4) is 0 Å².